The van der Waals surface area contributed by atoms with Crippen LogP contribution in [0.4, 0.5) is 0 Å². The van der Waals surface area contributed by atoms with Gasteiger partial charge in [0.2, 0.25) is 0 Å². The van der Waals surface area contributed by atoms with Crippen molar-refractivity contribution in [1.29, 1.82) is 0 Å². The fraction of sp³-hybridized carbons (Fsp3) is 1.00. The van der Waals surface area contributed by atoms with Crippen LogP contribution in [0.2, 0.25) is 0 Å². The highest BCUT2D eigenvalue weighted by Gasteiger charge is 2.36. The van der Waals surface area contributed by atoms with E-state index in [1.165, 1.54) is 70.9 Å². The SMILES string of the molecule is NC1CCCCC1CN1CCCC2CCCC21. The second kappa shape index (κ2) is 5.27. The molecule has 1 heterocycles. The molecule has 2 heteroatoms. The van der Waals surface area contributed by atoms with Crippen LogP contribution in [0.25, 0.3) is 0 Å². The standard InChI is InChI=1S/C15H28N2/c16-14-8-2-1-5-13(14)11-17-10-4-7-12-6-3-9-15(12)17/h12-15H,1-11,16H2. The summed E-state index contributed by atoms with van der Waals surface area (Å²) in [6.45, 7) is 2.66. The Morgan fingerprint density at radius 3 is 2.59 bits per heavy atom. The first-order valence-electron chi connectivity index (χ1n) is 7.84. The molecule has 0 aromatic carbocycles. The maximum atomic E-state index is 6.31. The van der Waals surface area contributed by atoms with Crippen LogP contribution in [0.3, 0.4) is 0 Å². The number of likely N-dealkylation sites (tertiary alicyclic amines) is 1. The van der Waals surface area contributed by atoms with Crippen molar-refractivity contribution in [1.82, 2.24) is 4.90 Å². The highest BCUT2D eigenvalue weighted by atomic mass is 15.2. The van der Waals surface area contributed by atoms with E-state index >= 15 is 0 Å². The lowest BCUT2D eigenvalue weighted by Gasteiger charge is -2.41. The fourth-order valence-corrected chi connectivity index (χ4v) is 4.55. The van der Waals surface area contributed by atoms with Crippen molar-refractivity contribution in [2.75, 3.05) is 13.1 Å². The van der Waals surface area contributed by atoms with E-state index in [1.54, 1.807) is 0 Å². The predicted octanol–water partition coefficient (Wildman–Crippen LogP) is 2.77. The molecule has 1 saturated heterocycles. The van der Waals surface area contributed by atoms with Crippen LogP contribution in [-0.2, 0) is 0 Å². The Kier molecular flexibility index (Phi) is 3.72. The molecule has 0 spiro atoms. The van der Waals surface area contributed by atoms with Gasteiger partial charge in [0.05, 0.1) is 0 Å². The molecule has 17 heavy (non-hydrogen) atoms. The van der Waals surface area contributed by atoms with Crippen molar-refractivity contribution >= 4 is 0 Å². The quantitative estimate of drug-likeness (QED) is 0.799. The minimum atomic E-state index is 0.491. The summed E-state index contributed by atoms with van der Waals surface area (Å²) in [5.41, 5.74) is 6.31. The van der Waals surface area contributed by atoms with Crippen molar-refractivity contribution in [2.45, 2.75) is 69.9 Å². The first-order valence-corrected chi connectivity index (χ1v) is 7.84. The van der Waals surface area contributed by atoms with Gasteiger partial charge >= 0.3 is 0 Å². The Balaban J connectivity index is 1.59. The number of rotatable bonds is 2. The Hall–Kier alpha value is -0.0800. The summed E-state index contributed by atoms with van der Waals surface area (Å²) >= 11 is 0. The summed E-state index contributed by atoms with van der Waals surface area (Å²) < 4.78 is 0. The van der Waals surface area contributed by atoms with Gasteiger partial charge in [0, 0.05) is 18.6 Å². The molecule has 0 amide bonds. The van der Waals surface area contributed by atoms with Gasteiger partial charge in [-0.1, -0.05) is 19.3 Å². The van der Waals surface area contributed by atoms with Gasteiger partial charge in [0.1, 0.15) is 0 Å². The molecule has 3 aliphatic rings. The predicted molar refractivity (Wildman–Crippen MR) is 71.9 cm³/mol. The van der Waals surface area contributed by atoms with E-state index in [0.29, 0.717) is 6.04 Å². The van der Waals surface area contributed by atoms with Crippen molar-refractivity contribution in [3.05, 3.63) is 0 Å². The van der Waals surface area contributed by atoms with Gasteiger partial charge in [-0.3, -0.25) is 4.90 Å². The van der Waals surface area contributed by atoms with Gasteiger partial charge in [-0.15, -0.1) is 0 Å². The molecule has 98 valence electrons. The summed E-state index contributed by atoms with van der Waals surface area (Å²) in [6, 6.07) is 1.42. The summed E-state index contributed by atoms with van der Waals surface area (Å²) in [5, 5.41) is 0. The number of piperidine rings is 1. The molecule has 0 bridgehead atoms. The lowest BCUT2D eigenvalue weighted by Crippen LogP contribution is -2.48. The van der Waals surface area contributed by atoms with Crippen LogP contribution in [-0.4, -0.2) is 30.1 Å². The van der Waals surface area contributed by atoms with Gasteiger partial charge < -0.3 is 5.73 Å². The van der Waals surface area contributed by atoms with E-state index in [4.69, 9.17) is 5.73 Å². The molecule has 2 aliphatic carbocycles. The maximum absolute atomic E-state index is 6.31. The second-order valence-corrected chi connectivity index (χ2v) is 6.60. The van der Waals surface area contributed by atoms with Gasteiger partial charge in [-0.05, 0) is 56.9 Å². The molecule has 0 aromatic rings. The molecule has 4 atom stereocenters. The zero-order valence-electron chi connectivity index (χ0n) is 11.1. The molecule has 2 nitrogen and oxygen atoms in total. The van der Waals surface area contributed by atoms with E-state index < -0.39 is 0 Å². The summed E-state index contributed by atoms with van der Waals surface area (Å²) in [6.07, 6.45) is 12.8. The van der Waals surface area contributed by atoms with Crippen molar-refractivity contribution < 1.29 is 0 Å². The second-order valence-electron chi connectivity index (χ2n) is 6.60. The van der Waals surface area contributed by atoms with Crippen molar-refractivity contribution in [3.63, 3.8) is 0 Å². The normalized spacial score (nSPS) is 43.6. The number of hydrogen-bond acceptors (Lipinski definition) is 2. The lowest BCUT2D eigenvalue weighted by atomic mass is 9.83. The summed E-state index contributed by atoms with van der Waals surface area (Å²) in [5.74, 6) is 1.83. The molecule has 0 aromatic heterocycles. The Labute approximate surface area is 106 Å². The third kappa shape index (κ3) is 2.53. The minimum absolute atomic E-state index is 0.491. The van der Waals surface area contributed by atoms with E-state index in [2.05, 4.69) is 4.90 Å². The fourth-order valence-electron chi connectivity index (χ4n) is 4.55. The smallest absolute Gasteiger partial charge is 0.0124 e. The van der Waals surface area contributed by atoms with Crippen LogP contribution in [0.1, 0.15) is 57.8 Å². The minimum Gasteiger partial charge on any atom is -0.327 e. The molecule has 3 fully saturated rings. The van der Waals surface area contributed by atoms with Crippen LogP contribution in [0, 0.1) is 11.8 Å². The first kappa shape index (κ1) is 12.0. The third-order valence-electron chi connectivity index (χ3n) is 5.55. The number of fused-ring (bicyclic) bond motifs is 1. The zero-order valence-corrected chi connectivity index (χ0v) is 11.1. The largest absolute Gasteiger partial charge is 0.327 e. The number of nitrogens with zero attached hydrogens (tertiary/aromatic N) is 1. The van der Waals surface area contributed by atoms with E-state index in [0.717, 1.165) is 17.9 Å². The first-order chi connectivity index (χ1) is 8.34. The molecule has 1 aliphatic heterocycles. The van der Waals surface area contributed by atoms with Crippen molar-refractivity contribution in [3.8, 4) is 0 Å². The molecule has 2 N–H and O–H groups in total. The van der Waals surface area contributed by atoms with Gasteiger partial charge in [0.25, 0.3) is 0 Å². The number of nitrogens with two attached hydrogens (primary N) is 1. The zero-order chi connectivity index (χ0) is 11.7. The van der Waals surface area contributed by atoms with Gasteiger partial charge in [0.15, 0.2) is 0 Å². The van der Waals surface area contributed by atoms with Crippen LogP contribution < -0.4 is 5.73 Å². The maximum Gasteiger partial charge on any atom is 0.0124 e. The highest BCUT2D eigenvalue weighted by molar-refractivity contribution is 4.91. The average Bonchev–Trinajstić information content (AvgIpc) is 2.81. The topological polar surface area (TPSA) is 29.3 Å². The van der Waals surface area contributed by atoms with E-state index in [9.17, 15) is 0 Å². The van der Waals surface area contributed by atoms with Gasteiger partial charge in [-0.25, -0.2) is 0 Å². The molecule has 3 rings (SSSR count). The van der Waals surface area contributed by atoms with E-state index in [1.807, 2.05) is 0 Å². The van der Waals surface area contributed by atoms with Gasteiger partial charge in [-0.2, -0.15) is 0 Å². The number of hydrogen-bond donors (Lipinski definition) is 1. The lowest BCUT2D eigenvalue weighted by molar-refractivity contribution is 0.0807. The Morgan fingerprint density at radius 1 is 0.882 bits per heavy atom. The third-order valence-corrected chi connectivity index (χ3v) is 5.55. The highest BCUT2D eigenvalue weighted by Crippen LogP contribution is 2.37. The average molecular weight is 236 g/mol. The van der Waals surface area contributed by atoms with E-state index in [-0.39, 0.29) is 0 Å². The molecule has 0 radical (unpaired) electrons. The Morgan fingerprint density at radius 2 is 1.71 bits per heavy atom. The molecular formula is C15H28N2. The summed E-state index contributed by atoms with van der Waals surface area (Å²) in [4.78, 5) is 2.82. The van der Waals surface area contributed by atoms with Crippen LogP contribution in [0.5, 0.6) is 0 Å². The molecule has 2 saturated carbocycles. The molecular weight excluding hydrogens is 208 g/mol. The van der Waals surface area contributed by atoms with Crippen LogP contribution in [0.15, 0.2) is 0 Å². The summed E-state index contributed by atoms with van der Waals surface area (Å²) in [7, 11) is 0. The molecule has 4 unspecified atom stereocenters. The van der Waals surface area contributed by atoms with Crippen LogP contribution >= 0.6 is 0 Å². The Bertz CT molecular complexity index is 253. The van der Waals surface area contributed by atoms with Crippen molar-refractivity contribution in [2.24, 2.45) is 17.6 Å². The monoisotopic (exact) mass is 236 g/mol.